The second-order valence-corrected chi connectivity index (χ2v) is 5.87. The average molecular weight is 336 g/mol. The number of halogens is 2. The number of anilines is 1. The molecule has 0 aromatic heterocycles. The number of amides is 1. The molecule has 0 unspecified atom stereocenters. The molecule has 114 valence electrons. The molecule has 0 bridgehead atoms. The van der Waals surface area contributed by atoms with Gasteiger partial charge in [0.25, 0.3) is 0 Å². The zero-order valence-corrected chi connectivity index (χ0v) is 13.5. The van der Waals surface area contributed by atoms with Crippen molar-refractivity contribution in [3.63, 3.8) is 0 Å². The van der Waals surface area contributed by atoms with Crippen molar-refractivity contribution in [3.8, 4) is 0 Å². The first kappa shape index (κ1) is 16.5. The van der Waals surface area contributed by atoms with Gasteiger partial charge < -0.3 is 5.32 Å². The summed E-state index contributed by atoms with van der Waals surface area (Å²) in [6.07, 6.45) is 0.315. The van der Waals surface area contributed by atoms with E-state index >= 15 is 0 Å². The van der Waals surface area contributed by atoms with Crippen molar-refractivity contribution in [1.29, 1.82) is 0 Å². The minimum Gasteiger partial charge on any atom is -0.325 e. The molecule has 0 aliphatic rings. The summed E-state index contributed by atoms with van der Waals surface area (Å²) in [7, 11) is 0. The molecule has 1 amide bonds. The van der Waals surface area contributed by atoms with Gasteiger partial charge in [-0.1, -0.05) is 35.3 Å². The fraction of sp³-hybridized carbons (Fsp3) is 0.176. The van der Waals surface area contributed by atoms with E-state index in [4.69, 9.17) is 23.2 Å². The van der Waals surface area contributed by atoms with Crippen molar-refractivity contribution in [2.45, 2.75) is 13.3 Å². The number of rotatable bonds is 5. The molecular weight excluding hydrogens is 321 g/mol. The number of carbonyl (C=O) groups is 2. The summed E-state index contributed by atoms with van der Waals surface area (Å²) >= 11 is 11.7. The number of carbonyl (C=O) groups excluding carboxylic acids is 2. The van der Waals surface area contributed by atoms with Crippen LogP contribution in [0.3, 0.4) is 0 Å². The summed E-state index contributed by atoms with van der Waals surface area (Å²) in [6, 6.07) is 13.9. The zero-order chi connectivity index (χ0) is 16.1. The SMILES string of the molecule is CC(=O)[C@@H](Cc1cccc(Cl)c1)C(=O)Nc1ccc(Cl)cc1. The zero-order valence-electron chi connectivity index (χ0n) is 12.0. The Hall–Kier alpha value is -1.84. The largest absolute Gasteiger partial charge is 0.325 e. The summed E-state index contributed by atoms with van der Waals surface area (Å²) in [6.45, 7) is 1.41. The van der Waals surface area contributed by atoms with E-state index in [1.807, 2.05) is 6.07 Å². The van der Waals surface area contributed by atoms with E-state index in [1.54, 1.807) is 42.5 Å². The van der Waals surface area contributed by atoms with Crippen molar-refractivity contribution in [2.24, 2.45) is 5.92 Å². The molecule has 0 saturated carbocycles. The van der Waals surface area contributed by atoms with Crippen LogP contribution < -0.4 is 5.32 Å². The Morgan fingerprint density at radius 2 is 1.73 bits per heavy atom. The van der Waals surface area contributed by atoms with Crippen LogP contribution in [0.4, 0.5) is 5.69 Å². The Morgan fingerprint density at radius 1 is 1.05 bits per heavy atom. The van der Waals surface area contributed by atoms with Gasteiger partial charge in [0, 0.05) is 15.7 Å². The minimum atomic E-state index is -0.755. The number of hydrogen-bond acceptors (Lipinski definition) is 2. The van der Waals surface area contributed by atoms with Crippen LogP contribution in [0.25, 0.3) is 0 Å². The van der Waals surface area contributed by atoms with Crippen LogP contribution in [0.1, 0.15) is 12.5 Å². The van der Waals surface area contributed by atoms with Crippen LogP contribution in [0, 0.1) is 5.92 Å². The summed E-state index contributed by atoms with van der Waals surface area (Å²) < 4.78 is 0. The van der Waals surface area contributed by atoms with Gasteiger partial charge in [0.1, 0.15) is 11.7 Å². The molecule has 3 nitrogen and oxygen atoms in total. The van der Waals surface area contributed by atoms with E-state index in [9.17, 15) is 9.59 Å². The lowest BCUT2D eigenvalue weighted by atomic mass is 9.95. The molecule has 1 atom stereocenters. The normalized spacial score (nSPS) is 11.8. The number of nitrogens with one attached hydrogen (secondary N) is 1. The highest BCUT2D eigenvalue weighted by Crippen LogP contribution is 2.18. The molecule has 0 radical (unpaired) electrons. The number of benzene rings is 2. The second kappa shape index (κ2) is 7.43. The number of ketones is 1. The van der Waals surface area contributed by atoms with Crippen LogP contribution in [0.2, 0.25) is 10.0 Å². The van der Waals surface area contributed by atoms with E-state index in [0.29, 0.717) is 22.2 Å². The van der Waals surface area contributed by atoms with Crippen LogP contribution in [0.15, 0.2) is 48.5 Å². The van der Waals surface area contributed by atoms with Crippen LogP contribution in [0.5, 0.6) is 0 Å². The van der Waals surface area contributed by atoms with Gasteiger partial charge in [-0.05, 0) is 55.3 Å². The Morgan fingerprint density at radius 3 is 2.32 bits per heavy atom. The van der Waals surface area contributed by atoms with Crippen molar-refractivity contribution in [3.05, 3.63) is 64.1 Å². The Balaban J connectivity index is 2.11. The molecule has 0 aliphatic carbocycles. The smallest absolute Gasteiger partial charge is 0.235 e. The lowest BCUT2D eigenvalue weighted by molar-refractivity contribution is -0.129. The van der Waals surface area contributed by atoms with Gasteiger partial charge in [-0.3, -0.25) is 9.59 Å². The molecule has 0 heterocycles. The fourth-order valence-electron chi connectivity index (χ4n) is 2.08. The van der Waals surface area contributed by atoms with E-state index in [1.165, 1.54) is 6.92 Å². The third kappa shape index (κ3) is 4.58. The van der Waals surface area contributed by atoms with Gasteiger partial charge in [0.05, 0.1) is 0 Å². The average Bonchev–Trinajstić information content (AvgIpc) is 2.47. The van der Waals surface area contributed by atoms with E-state index < -0.39 is 5.92 Å². The molecule has 2 aromatic rings. The Labute approximate surface area is 139 Å². The lowest BCUT2D eigenvalue weighted by Crippen LogP contribution is -2.30. The predicted octanol–water partition coefficient (Wildman–Crippen LogP) is 4.38. The molecule has 0 fully saturated rings. The summed E-state index contributed by atoms with van der Waals surface area (Å²) in [5.41, 5.74) is 1.45. The van der Waals surface area contributed by atoms with Gasteiger partial charge in [-0.25, -0.2) is 0 Å². The number of hydrogen-bond donors (Lipinski definition) is 1. The quantitative estimate of drug-likeness (QED) is 0.824. The third-order valence-corrected chi connectivity index (χ3v) is 3.73. The van der Waals surface area contributed by atoms with Crippen LogP contribution in [-0.2, 0) is 16.0 Å². The van der Waals surface area contributed by atoms with Crippen molar-refractivity contribution < 1.29 is 9.59 Å². The van der Waals surface area contributed by atoms with Gasteiger partial charge in [-0.2, -0.15) is 0 Å². The fourth-order valence-corrected chi connectivity index (χ4v) is 2.42. The van der Waals surface area contributed by atoms with Crippen molar-refractivity contribution in [2.75, 3.05) is 5.32 Å². The standard InChI is InChI=1S/C17H15Cl2NO2/c1-11(21)16(10-12-3-2-4-14(19)9-12)17(22)20-15-7-5-13(18)6-8-15/h2-9,16H,10H2,1H3,(H,20,22)/t16-/m1/s1. The molecule has 2 rings (SSSR count). The first-order valence-corrected chi connectivity index (χ1v) is 7.52. The Kier molecular flexibility index (Phi) is 5.58. The molecule has 22 heavy (non-hydrogen) atoms. The monoisotopic (exact) mass is 335 g/mol. The summed E-state index contributed by atoms with van der Waals surface area (Å²) in [5.74, 6) is -1.28. The maximum atomic E-state index is 12.3. The molecular formula is C17H15Cl2NO2. The van der Waals surface area contributed by atoms with Gasteiger partial charge in [0.15, 0.2) is 0 Å². The highest BCUT2D eigenvalue weighted by atomic mass is 35.5. The molecule has 2 aromatic carbocycles. The maximum Gasteiger partial charge on any atom is 0.235 e. The Bertz CT molecular complexity index is 683. The van der Waals surface area contributed by atoms with Gasteiger partial charge >= 0.3 is 0 Å². The van der Waals surface area contributed by atoms with Crippen LogP contribution >= 0.6 is 23.2 Å². The van der Waals surface area contributed by atoms with E-state index in [-0.39, 0.29) is 11.7 Å². The van der Waals surface area contributed by atoms with Crippen LogP contribution in [-0.4, -0.2) is 11.7 Å². The van der Waals surface area contributed by atoms with Crippen molar-refractivity contribution in [1.82, 2.24) is 0 Å². The highest BCUT2D eigenvalue weighted by Gasteiger charge is 2.23. The molecule has 0 spiro atoms. The maximum absolute atomic E-state index is 12.3. The third-order valence-electron chi connectivity index (χ3n) is 3.25. The first-order chi connectivity index (χ1) is 10.5. The molecule has 1 N–H and O–H groups in total. The lowest BCUT2D eigenvalue weighted by Gasteiger charge is -2.14. The summed E-state index contributed by atoms with van der Waals surface area (Å²) in [4.78, 5) is 24.1. The highest BCUT2D eigenvalue weighted by molar-refractivity contribution is 6.31. The molecule has 0 aliphatic heterocycles. The topological polar surface area (TPSA) is 46.2 Å². The first-order valence-electron chi connectivity index (χ1n) is 6.77. The van der Waals surface area contributed by atoms with Crippen molar-refractivity contribution >= 4 is 40.6 Å². The number of Topliss-reactive ketones (excluding diaryl/α,β-unsaturated/α-hetero) is 1. The van der Waals surface area contributed by atoms with Gasteiger partial charge in [-0.15, -0.1) is 0 Å². The second-order valence-electron chi connectivity index (χ2n) is 4.99. The van der Waals surface area contributed by atoms with E-state index in [0.717, 1.165) is 5.56 Å². The van der Waals surface area contributed by atoms with Gasteiger partial charge in [0.2, 0.25) is 5.91 Å². The molecule has 5 heteroatoms. The summed E-state index contributed by atoms with van der Waals surface area (Å²) in [5, 5.41) is 3.90. The minimum absolute atomic E-state index is 0.188. The van der Waals surface area contributed by atoms with E-state index in [2.05, 4.69) is 5.32 Å². The molecule has 0 saturated heterocycles. The predicted molar refractivity (Wildman–Crippen MR) is 89.4 cm³/mol.